The molecule has 3 fully saturated rings. The second kappa shape index (κ2) is 20.4. The minimum absolute atomic E-state index is 0.139. The highest BCUT2D eigenvalue weighted by atomic mass is 16.5. The highest BCUT2D eigenvalue weighted by molar-refractivity contribution is 6.00. The molecule has 4 aliphatic rings. The minimum atomic E-state index is -0.985. The maximum Gasteiger partial charge on any atom is 0.410 e. The van der Waals surface area contributed by atoms with Crippen molar-refractivity contribution >= 4 is 46.2 Å². The van der Waals surface area contributed by atoms with E-state index in [0.29, 0.717) is 58.2 Å². The molecule has 6 bridgehead atoms. The number of nitrogens with zero attached hydrogens (tertiary/aromatic N) is 6. The van der Waals surface area contributed by atoms with Crippen LogP contribution in [0.1, 0.15) is 103 Å². The fourth-order valence-corrected chi connectivity index (χ4v) is 10.7. The van der Waals surface area contributed by atoms with E-state index < -0.39 is 35.4 Å². The van der Waals surface area contributed by atoms with E-state index in [1.165, 1.54) is 9.91 Å². The number of aryl methyl sites for hydroxylation is 1. The van der Waals surface area contributed by atoms with Gasteiger partial charge in [-0.05, 0) is 105 Å². The van der Waals surface area contributed by atoms with Crippen LogP contribution in [0.4, 0.5) is 0 Å². The number of cyclic esters (lactones) is 1. The molecule has 2 aromatic carbocycles. The number of hydrogen-bond donors (Lipinski definition) is 1. The Hall–Kier alpha value is -6.17. The summed E-state index contributed by atoms with van der Waals surface area (Å²) in [5.74, 6) is 2.81. The molecule has 0 unspecified atom stereocenters. The molecule has 1 saturated carbocycles. The molecule has 8 rings (SSSR count). The van der Waals surface area contributed by atoms with Crippen LogP contribution in [0.5, 0.6) is 0 Å². The van der Waals surface area contributed by atoms with Crippen molar-refractivity contribution < 1.29 is 38.0 Å². The van der Waals surface area contributed by atoms with Gasteiger partial charge >= 0.3 is 17.8 Å². The molecule has 2 saturated heterocycles. The number of amides is 4. The van der Waals surface area contributed by atoms with E-state index in [2.05, 4.69) is 79.0 Å². The van der Waals surface area contributed by atoms with E-state index >= 15 is 9.59 Å². The van der Waals surface area contributed by atoms with Crippen molar-refractivity contribution in [3.63, 3.8) is 0 Å². The zero-order chi connectivity index (χ0) is 49.3. The topological polar surface area (TPSA) is 146 Å². The molecule has 69 heavy (non-hydrogen) atoms. The summed E-state index contributed by atoms with van der Waals surface area (Å²) >= 11 is 0. The van der Waals surface area contributed by atoms with Gasteiger partial charge in [-0.3, -0.25) is 29.2 Å². The molecule has 0 radical (unpaired) electrons. The third-order valence-corrected chi connectivity index (χ3v) is 14.4. The Balaban J connectivity index is 1.22. The van der Waals surface area contributed by atoms with E-state index in [1.807, 2.05) is 39.0 Å². The van der Waals surface area contributed by atoms with Crippen LogP contribution in [0.15, 0.2) is 60.8 Å². The summed E-state index contributed by atoms with van der Waals surface area (Å²) in [4.78, 5) is 79.5. The van der Waals surface area contributed by atoms with Crippen LogP contribution in [-0.4, -0.2) is 123 Å². The summed E-state index contributed by atoms with van der Waals surface area (Å²) < 4.78 is 16.0. The number of likely N-dealkylation sites (tertiary alicyclic amines) is 1. The highest BCUT2D eigenvalue weighted by Gasteiger charge is 2.50. The summed E-state index contributed by atoms with van der Waals surface area (Å²) in [7, 11) is 3.35. The number of hydrogen-bond acceptors (Lipinski definition) is 9. The number of aromatic nitrogens is 2. The number of hydrazine groups is 1. The Kier molecular flexibility index (Phi) is 14.6. The van der Waals surface area contributed by atoms with E-state index in [-0.39, 0.29) is 55.2 Å². The first-order valence-corrected chi connectivity index (χ1v) is 24.7. The number of rotatable bonds is 9. The normalized spacial score (nSPS) is 21.2. The highest BCUT2D eigenvalue weighted by Crippen LogP contribution is 2.42. The lowest BCUT2D eigenvalue weighted by molar-refractivity contribution is -0.478. The van der Waals surface area contributed by atoms with Crippen LogP contribution < -0.4 is 5.43 Å². The van der Waals surface area contributed by atoms with Crippen LogP contribution >= 0.6 is 0 Å². The van der Waals surface area contributed by atoms with Gasteiger partial charge in [-0.25, -0.2) is 10.2 Å². The van der Waals surface area contributed by atoms with Gasteiger partial charge in [-0.15, -0.1) is 0 Å². The molecule has 14 heteroatoms. The molecule has 4 aromatic rings. The van der Waals surface area contributed by atoms with Crippen LogP contribution in [0.25, 0.3) is 33.3 Å². The van der Waals surface area contributed by atoms with Gasteiger partial charge in [0.15, 0.2) is 11.8 Å². The Morgan fingerprint density at radius 2 is 1.80 bits per heavy atom. The average molecular weight is 939 g/mol. The smallest absolute Gasteiger partial charge is 0.410 e. The monoisotopic (exact) mass is 939 g/mol. The number of esters is 1. The summed E-state index contributed by atoms with van der Waals surface area (Å²) in [6.45, 7) is 15.6. The van der Waals surface area contributed by atoms with Gasteiger partial charge in [0, 0.05) is 87.7 Å². The van der Waals surface area contributed by atoms with Gasteiger partial charge in [0.05, 0.1) is 30.0 Å². The van der Waals surface area contributed by atoms with Gasteiger partial charge in [0.1, 0.15) is 6.04 Å². The number of benzene rings is 2. The summed E-state index contributed by atoms with van der Waals surface area (Å²) in [5.41, 5.74) is 11.5. The Bertz CT molecular complexity index is 2760. The van der Waals surface area contributed by atoms with Crippen molar-refractivity contribution in [3.05, 3.63) is 77.6 Å². The number of ether oxygens (including phenoxy) is 2. The summed E-state index contributed by atoms with van der Waals surface area (Å²) in [5, 5.41) is 2.59. The molecule has 2 aromatic heterocycles. The maximum absolute atomic E-state index is 15.4. The van der Waals surface area contributed by atoms with Gasteiger partial charge < -0.3 is 23.8 Å². The third kappa shape index (κ3) is 10.1. The van der Waals surface area contributed by atoms with Gasteiger partial charge in [-0.2, -0.15) is 4.58 Å². The van der Waals surface area contributed by atoms with Gasteiger partial charge in [0.25, 0.3) is 5.91 Å². The Morgan fingerprint density at radius 3 is 2.51 bits per heavy atom. The minimum Gasteiger partial charge on any atom is -0.464 e. The van der Waals surface area contributed by atoms with Crippen molar-refractivity contribution in [1.82, 2.24) is 29.8 Å². The lowest BCUT2D eigenvalue weighted by atomic mass is 9.84. The van der Waals surface area contributed by atoms with E-state index in [1.54, 1.807) is 36.8 Å². The first kappa shape index (κ1) is 49.3. The largest absolute Gasteiger partial charge is 0.464 e. The van der Waals surface area contributed by atoms with Crippen molar-refractivity contribution in [2.75, 3.05) is 40.4 Å². The van der Waals surface area contributed by atoms with E-state index in [4.69, 9.17) is 14.5 Å². The summed E-state index contributed by atoms with van der Waals surface area (Å²) in [6, 6.07) is 16.2. The van der Waals surface area contributed by atoms with Crippen molar-refractivity contribution in [2.45, 2.75) is 124 Å². The number of methoxy groups -OCH3 is 1. The lowest BCUT2D eigenvalue weighted by Crippen LogP contribution is -2.61. The van der Waals surface area contributed by atoms with E-state index in [9.17, 15) is 14.4 Å². The molecule has 5 atom stereocenters. The molecule has 5 heterocycles. The van der Waals surface area contributed by atoms with E-state index in [0.717, 1.165) is 55.8 Å². The number of carbonyl (C=O) groups is 5. The zero-order valence-corrected chi connectivity index (χ0v) is 41.8. The number of fused-ring (bicyclic) bond motifs is 6. The molecular formula is C55H68N7O7+. The van der Waals surface area contributed by atoms with Crippen LogP contribution in [0, 0.1) is 29.1 Å². The molecule has 3 aliphatic heterocycles. The Labute approximate surface area is 406 Å². The van der Waals surface area contributed by atoms with Crippen molar-refractivity contribution in [3.8, 4) is 34.2 Å². The zero-order valence-electron chi connectivity index (χ0n) is 41.8. The first-order valence-electron chi connectivity index (χ1n) is 24.7. The maximum atomic E-state index is 15.4. The second-order valence-corrected chi connectivity index (χ2v) is 20.3. The van der Waals surface area contributed by atoms with Crippen molar-refractivity contribution in [2.24, 2.45) is 17.3 Å². The number of carbonyl (C=O) groups excluding carboxylic acids is 5. The molecule has 14 nitrogen and oxygen atoms in total. The van der Waals surface area contributed by atoms with Crippen LogP contribution in [0.3, 0.4) is 0 Å². The number of likely N-dealkylation sites (N-methyl/N-ethyl adjacent to an activating group) is 1. The SMILES string of the molecule is CC#CC(=O)N1CC[C@@H](C(=O)N(C)[C@H](C(=O)[N+](=C2CC2)[C@H]2Cc3cccc(c3)-c3ccc4c(c3)c(c(-c3cccnc3[C@H](C)OC)n4CC)CC(C)(C)COC(=O)[C@@H]3CCCN(N3)C2=O)C(C)C)C1. The second-order valence-electron chi connectivity index (χ2n) is 20.3. The van der Waals surface area contributed by atoms with Gasteiger partial charge in [-0.1, -0.05) is 63.9 Å². The third-order valence-electron chi connectivity index (χ3n) is 14.4. The average Bonchev–Trinajstić information content (AvgIpc) is 3.97. The quantitative estimate of drug-likeness (QED) is 0.109. The van der Waals surface area contributed by atoms with Crippen molar-refractivity contribution in [1.29, 1.82) is 0 Å². The molecule has 0 spiro atoms. The molecule has 1 N–H and O–H groups in total. The van der Waals surface area contributed by atoms with Crippen LogP contribution in [0.2, 0.25) is 0 Å². The molecular weight excluding hydrogens is 871 g/mol. The predicted octanol–water partition coefficient (Wildman–Crippen LogP) is 6.76. The first-order chi connectivity index (χ1) is 33.0. The Morgan fingerprint density at radius 1 is 1.03 bits per heavy atom. The molecule has 1 aliphatic carbocycles. The standard InChI is InChI=1S/C55H68N7O7/c1-10-15-47(63)59-27-24-39(32-59)51(64)58(8)49(34(3)4)53(66)62(40-21-22-40)46-29-36-16-12-17-37(28-36)38-20-23-45-42(30-38)43(50(60(45)11-2)41-18-13-25-56-48(41)35(5)68-9)31-55(6,7)33-69-54(67)44-19-14-26-61(57-44)52(46)65/h12-13,16-18,20,23,25,28,30,34-35,39,44,46,49,57H,11,14,19,21-22,24,26-27,29,31-33H2,1-9H3/q+1/t35-,39+,44-,46-,49-/m0/s1. The number of nitrogens with one attached hydrogen (secondary N) is 1. The molecule has 364 valence electrons. The number of pyridine rings is 1. The van der Waals surface area contributed by atoms with Crippen LogP contribution in [-0.2, 0) is 52.8 Å². The fraction of sp³-hybridized carbons (Fsp3) is 0.509. The predicted molar refractivity (Wildman–Crippen MR) is 265 cm³/mol. The fourth-order valence-electron chi connectivity index (χ4n) is 10.7. The summed E-state index contributed by atoms with van der Waals surface area (Å²) in [6.07, 6.45) is 5.11. The van der Waals surface area contributed by atoms with Gasteiger partial charge in [0.2, 0.25) is 11.9 Å². The lowest BCUT2D eigenvalue weighted by Gasteiger charge is -2.35. The molecule has 4 amide bonds.